The number of thioether (sulfide) groups is 1. The summed E-state index contributed by atoms with van der Waals surface area (Å²) in [5.41, 5.74) is 7.43. The molecule has 1 saturated heterocycles. The van der Waals surface area contributed by atoms with Crippen LogP contribution in [0.4, 0.5) is 0 Å². The van der Waals surface area contributed by atoms with Crippen molar-refractivity contribution in [2.45, 2.75) is 30.6 Å². The predicted molar refractivity (Wildman–Crippen MR) is 61.3 cm³/mol. The molecule has 2 rings (SSSR count). The van der Waals surface area contributed by atoms with Crippen LogP contribution in [0.1, 0.15) is 31.4 Å². The lowest BCUT2D eigenvalue weighted by molar-refractivity contribution is 0.501. The minimum absolute atomic E-state index is 0.115. The van der Waals surface area contributed by atoms with Crippen LogP contribution in [-0.2, 0) is 0 Å². The minimum Gasteiger partial charge on any atom is -0.323 e. The Hall–Kier alpha value is -0.540. The van der Waals surface area contributed by atoms with Crippen molar-refractivity contribution in [3.05, 3.63) is 30.1 Å². The fraction of sp³-hybridized carbons (Fsp3) is 0.545. The van der Waals surface area contributed by atoms with Gasteiger partial charge in [0.15, 0.2) is 0 Å². The van der Waals surface area contributed by atoms with Crippen molar-refractivity contribution < 1.29 is 0 Å². The first-order valence-corrected chi connectivity index (χ1v) is 6.00. The van der Waals surface area contributed by atoms with Gasteiger partial charge in [-0.25, -0.2) is 0 Å². The highest BCUT2D eigenvalue weighted by atomic mass is 32.2. The van der Waals surface area contributed by atoms with Crippen LogP contribution in [0.5, 0.6) is 0 Å². The van der Waals surface area contributed by atoms with Gasteiger partial charge in [0.25, 0.3) is 0 Å². The highest BCUT2D eigenvalue weighted by molar-refractivity contribution is 8.00. The predicted octanol–water partition coefficient (Wildman–Crippen LogP) is 2.37. The molecule has 0 radical (unpaired) electrons. The number of rotatable bonds is 2. The molecule has 2 unspecified atom stereocenters. The Balaban J connectivity index is 2.19. The largest absolute Gasteiger partial charge is 0.323 e. The first kappa shape index (κ1) is 9.99. The third-order valence-electron chi connectivity index (χ3n) is 2.95. The van der Waals surface area contributed by atoms with E-state index in [-0.39, 0.29) is 10.8 Å². The van der Waals surface area contributed by atoms with Gasteiger partial charge in [-0.15, -0.1) is 0 Å². The van der Waals surface area contributed by atoms with Gasteiger partial charge in [-0.1, -0.05) is 6.07 Å². The molecular weight excluding hydrogens is 192 g/mol. The van der Waals surface area contributed by atoms with Crippen LogP contribution in [0.25, 0.3) is 0 Å². The molecule has 0 aromatic carbocycles. The summed E-state index contributed by atoms with van der Waals surface area (Å²) >= 11 is 1.99. The lowest BCUT2D eigenvalue weighted by atomic mass is 9.92. The molecule has 0 saturated carbocycles. The van der Waals surface area contributed by atoms with Crippen molar-refractivity contribution in [1.29, 1.82) is 0 Å². The zero-order valence-corrected chi connectivity index (χ0v) is 9.26. The lowest BCUT2D eigenvalue weighted by Gasteiger charge is -2.30. The van der Waals surface area contributed by atoms with E-state index in [1.807, 2.05) is 24.0 Å². The van der Waals surface area contributed by atoms with Crippen molar-refractivity contribution in [2.24, 2.45) is 5.73 Å². The maximum atomic E-state index is 6.27. The molecule has 0 bridgehead atoms. The molecule has 2 nitrogen and oxygen atoms in total. The standard InChI is InChI=1S/C11H16N2S/c1-11(5-3-7-14-11)10(12)9-4-2-6-13-8-9/h2,4,6,8,10H,3,5,7,12H2,1H3. The molecule has 1 aromatic rings. The summed E-state index contributed by atoms with van der Waals surface area (Å²) in [6, 6.07) is 4.14. The minimum atomic E-state index is 0.115. The third kappa shape index (κ3) is 1.79. The van der Waals surface area contributed by atoms with E-state index in [2.05, 4.69) is 18.0 Å². The number of pyridine rings is 1. The summed E-state index contributed by atoms with van der Waals surface area (Å²) in [4.78, 5) is 4.12. The molecule has 14 heavy (non-hydrogen) atoms. The summed E-state index contributed by atoms with van der Waals surface area (Å²) in [5, 5.41) is 0. The van der Waals surface area contributed by atoms with Gasteiger partial charge in [0, 0.05) is 23.2 Å². The van der Waals surface area contributed by atoms with Crippen LogP contribution in [0.2, 0.25) is 0 Å². The molecule has 1 fully saturated rings. The van der Waals surface area contributed by atoms with Gasteiger partial charge >= 0.3 is 0 Å². The molecule has 0 amide bonds. The smallest absolute Gasteiger partial charge is 0.0456 e. The van der Waals surface area contributed by atoms with Crippen LogP contribution < -0.4 is 5.73 Å². The molecule has 1 aliphatic rings. The molecule has 1 aromatic heterocycles. The molecule has 3 heteroatoms. The number of nitrogens with two attached hydrogens (primary N) is 1. The first-order valence-electron chi connectivity index (χ1n) is 5.02. The van der Waals surface area contributed by atoms with E-state index in [9.17, 15) is 0 Å². The fourth-order valence-electron chi connectivity index (χ4n) is 1.96. The van der Waals surface area contributed by atoms with Gasteiger partial charge in [-0.2, -0.15) is 11.8 Å². The van der Waals surface area contributed by atoms with Crippen LogP contribution in [0.15, 0.2) is 24.5 Å². The van der Waals surface area contributed by atoms with E-state index < -0.39 is 0 Å². The van der Waals surface area contributed by atoms with Crippen LogP contribution in [0.3, 0.4) is 0 Å². The van der Waals surface area contributed by atoms with Crippen LogP contribution in [-0.4, -0.2) is 15.5 Å². The summed E-state index contributed by atoms with van der Waals surface area (Å²) in [6.07, 6.45) is 6.18. The second kappa shape index (κ2) is 3.91. The second-order valence-electron chi connectivity index (χ2n) is 4.03. The molecule has 0 aliphatic carbocycles. The zero-order valence-electron chi connectivity index (χ0n) is 8.44. The molecule has 2 atom stereocenters. The van der Waals surface area contributed by atoms with Crippen molar-refractivity contribution in [2.75, 3.05) is 5.75 Å². The third-order valence-corrected chi connectivity index (χ3v) is 4.56. The summed E-state index contributed by atoms with van der Waals surface area (Å²) < 4.78 is 0.211. The maximum Gasteiger partial charge on any atom is 0.0456 e. The monoisotopic (exact) mass is 208 g/mol. The van der Waals surface area contributed by atoms with Gasteiger partial charge in [0.05, 0.1) is 0 Å². The highest BCUT2D eigenvalue weighted by Crippen LogP contribution is 2.45. The topological polar surface area (TPSA) is 38.9 Å². The van der Waals surface area contributed by atoms with Crippen molar-refractivity contribution in [1.82, 2.24) is 4.98 Å². The Kier molecular flexibility index (Phi) is 2.79. The zero-order chi connectivity index (χ0) is 10.0. The Morgan fingerprint density at radius 3 is 3.07 bits per heavy atom. The van der Waals surface area contributed by atoms with Gasteiger partial charge in [0.1, 0.15) is 0 Å². The highest BCUT2D eigenvalue weighted by Gasteiger charge is 2.36. The molecule has 76 valence electrons. The Morgan fingerprint density at radius 2 is 2.50 bits per heavy atom. The fourth-order valence-corrected chi connectivity index (χ4v) is 3.32. The molecule has 1 aliphatic heterocycles. The van der Waals surface area contributed by atoms with Crippen molar-refractivity contribution in [3.8, 4) is 0 Å². The molecule has 2 N–H and O–H groups in total. The van der Waals surface area contributed by atoms with E-state index in [0.29, 0.717) is 0 Å². The van der Waals surface area contributed by atoms with Gasteiger partial charge in [0.2, 0.25) is 0 Å². The van der Waals surface area contributed by atoms with Crippen molar-refractivity contribution >= 4 is 11.8 Å². The average Bonchev–Trinajstić information content (AvgIpc) is 2.67. The summed E-state index contributed by atoms with van der Waals surface area (Å²) in [5.74, 6) is 1.24. The Morgan fingerprint density at radius 1 is 1.64 bits per heavy atom. The summed E-state index contributed by atoms with van der Waals surface area (Å²) in [6.45, 7) is 2.27. The number of hydrogen-bond acceptors (Lipinski definition) is 3. The first-order chi connectivity index (χ1) is 6.72. The Labute approximate surface area is 89.3 Å². The number of hydrogen-bond donors (Lipinski definition) is 1. The second-order valence-corrected chi connectivity index (χ2v) is 5.66. The lowest BCUT2D eigenvalue weighted by Crippen LogP contribution is -2.33. The Bertz CT molecular complexity index is 293. The van der Waals surface area contributed by atoms with Crippen LogP contribution >= 0.6 is 11.8 Å². The summed E-state index contributed by atoms with van der Waals surface area (Å²) in [7, 11) is 0. The molecule has 0 spiro atoms. The van der Waals surface area contributed by atoms with Crippen LogP contribution in [0, 0.1) is 0 Å². The van der Waals surface area contributed by atoms with Gasteiger partial charge < -0.3 is 5.73 Å². The SMILES string of the molecule is CC1(C(N)c2cccnc2)CCCS1. The average molecular weight is 208 g/mol. The molecule has 2 heterocycles. The van der Waals surface area contributed by atoms with E-state index in [1.165, 1.54) is 18.6 Å². The molecular formula is C11H16N2S. The van der Waals surface area contributed by atoms with Crippen molar-refractivity contribution in [3.63, 3.8) is 0 Å². The van der Waals surface area contributed by atoms with Gasteiger partial charge in [-0.05, 0) is 37.1 Å². The number of aromatic nitrogens is 1. The van der Waals surface area contributed by atoms with E-state index in [1.54, 1.807) is 6.20 Å². The normalized spacial score (nSPS) is 29.0. The van der Waals surface area contributed by atoms with Gasteiger partial charge in [-0.3, -0.25) is 4.98 Å². The van der Waals surface area contributed by atoms with E-state index in [4.69, 9.17) is 5.73 Å². The van der Waals surface area contributed by atoms with E-state index in [0.717, 1.165) is 5.56 Å². The maximum absolute atomic E-state index is 6.27. The quantitative estimate of drug-likeness (QED) is 0.811. The van der Waals surface area contributed by atoms with E-state index >= 15 is 0 Å². The number of nitrogens with zero attached hydrogens (tertiary/aromatic N) is 1.